The zero-order chi connectivity index (χ0) is 25.8. The van der Waals surface area contributed by atoms with Gasteiger partial charge < -0.3 is 14.6 Å². The Morgan fingerprint density at radius 2 is 1.68 bits per heavy atom. The number of hydrogen-bond acceptors (Lipinski definition) is 5. The Morgan fingerprint density at radius 1 is 0.946 bits per heavy atom. The van der Waals surface area contributed by atoms with Crippen molar-refractivity contribution in [2.75, 3.05) is 10.6 Å². The van der Waals surface area contributed by atoms with Crippen LogP contribution in [0.15, 0.2) is 73.2 Å². The summed E-state index contributed by atoms with van der Waals surface area (Å²) in [4.78, 5) is 42.2. The molecule has 2 heterocycles. The molecule has 2 amide bonds. The summed E-state index contributed by atoms with van der Waals surface area (Å²) in [5.41, 5.74) is 2.59. The number of nitrogens with one attached hydrogen (secondary N) is 2. The Bertz CT molecular complexity index is 1440. The Labute approximate surface area is 212 Å². The van der Waals surface area contributed by atoms with E-state index in [-0.39, 0.29) is 17.5 Å². The number of amides is 2. The topological polar surface area (TPSA) is 102 Å². The molecule has 0 radical (unpaired) electrons. The number of aromatic nitrogens is 2. The first-order valence-electron chi connectivity index (χ1n) is 12.1. The van der Waals surface area contributed by atoms with Gasteiger partial charge >= 0.3 is 6.09 Å². The third-order valence-corrected chi connectivity index (χ3v) is 6.36. The smallest absolute Gasteiger partial charge is 0.411 e. The highest BCUT2D eigenvalue weighted by Crippen LogP contribution is 2.28. The van der Waals surface area contributed by atoms with E-state index in [2.05, 4.69) is 15.6 Å². The summed E-state index contributed by atoms with van der Waals surface area (Å²) in [6.07, 6.45) is 7.84. The van der Waals surface area contributed by atoms with Gasteiger partial charge in [-0.15, -0.1) is 0 Å². The van der Waals surface area contributed by atoms with Gasteiger partial charge in [0.2, 0.25) is 0 Å². The van der Waals surface area contributed by atoms with Crippen LogP contribution in [0, 0.1) is 5.82 Å². The molecule has 0 spiro atoms. The number of anilines is 2. The van der Waals surface area contributed by atoms with Crippen LogP contribution in [0.1, 0.15) is 41.6 Å². The molecule has 1 fully saturated rings. The van der Waals surface area contributed by atoms with E-state index in [1.165, 1.54) is 24.5 Å². The van der Waals surface area contributed by atoms with Crippen molar-refractivity contribution >= 4 is 40.1 Å². The minimum Gasteiger partial charge on any atom is -0.446 e. The van der Waals surface area contributed by atoms with Crippen LogP contribution >= 0.6 is 0 Å². The molecule has 2 N–H and O–H groups in total. The molecule has 0 bridgehead atoms. The highest BCUT2D eigenvalue weighted by atomic mass is 19.1. The number of hydrogen-bond donors (Lipinski definition) is 2. The molecule has 8 nitrogen and oxygen atoms in total. The van der Waals surface area contributed by atoms with E-state index in [0.717, 1.165) is 31.2 Å². The van der Waals surface area contributed by atoms with E-state index in [0.29, 0.717) is 28.8 Å². The van der Waals surface area contributed by atoms with Gasteiger partial charge in [-0.05, 0) is 67.6 Å². The minimum absolute atomic E-state index is 0.0748. The third kappa shape index (κ3) is 5.66. The number of carbonyl (C=O) groups excluding carboxylic acids is 3. The first kappa shape index (κ1) is 24.2. The molecule has 0 aliphatic heterocycles. The van der Waals surface area contributed by atoms with E-state index in [4.69, 9.17) is 4.74 Å². The summed E-state index contributed by atoms with van der Waals surface area (Å²) in [6.45, 7) is 0.325. The van der Waals surface area contributed by atoms with Crippen molar-refractivity contribution in [3.8, 4) is 0 Å². The number of rotatable bonds is 7. The van der Waals surface area contributed by atoms with Crippen molar-refractivity contribution in [1.29, 1.82) is 0 Å². The Balaban J connectivity index is 1.44. The quantitative estimate of drug-likeness (QED) is 0.256. The molecule has 1 aliphatic rings. The SMILES string of the molecule is O=C(Nc1ccc2c(C(=O)C(=O)Nc3ccncc3)cn(Cc3ccc(F)cc3)c2c1)OC1CCCC1. The molecule has 1 aliphatic carbocycles. The van der Waals surface area contributed by atoms with E-state index >= 15 is 0 Å². The van der Waals surface area contributed by atoms with Crippen LogP contribution in [0.25, 0.3) is 10.9 Å². The average molecular weight is 501 g/mol. The fraction of sp³-hybridized carbons (Fsp3) is 0.214. The molecule has 2 aromatic carbocycles. The zero-order valence-corrected chi connectivity index (χ0v) is 19.9. The lowest BCUT2D eigenvalue weighted by Crippen LogP contribution is -2.22. The van der Waals surface area contributed by atoms with Gasteiger partial charge in [-0.2, -0.15) is 0 Å². The Morgan fingerprint density at radius 3 is 2.41 bits per heavy atom. The molecule has 0 unspecified atom stereocenters. The van der Waals surface area contributed by atoms with Crippen molar-refractivity contribution in [3.05, 3.63) is 90.1 Å². The van der Waals surface area contributed by atoms with Gasteiger partial charge in [0.25, 0.3) is 11.7 Å². The molecule has 4 aromatic rings. The third-order valence-electron chi connectivity index (χ3n) is 6.36. The summed E-state index contributed by atoms with van der Waals surface area (Å²) < 4.78 is 20.7. The highest BCUT2D eigenvalue weighted by molar-refractivity contribution is 6.48. The fourth-order valence-corrected chi connectivity index (χ4v) is 4.52. The summed E-state index contributed by atoms with van der Waals surface area (Å²) >= 11 is 0. The fourth-order valence-electron chi connectivity index (χ4n) is 4.52. The number of pyridine rings is 1. The number of ketones is 1. The van der Waals surface area contributed by atoms with Gasteiger partial charge in [-0.1, -0.05) is 18.2 Å². The van der Waals surface area contributed by atoms with Crippen molar-refractivity contribution in [3.63, 3.8) is 0 Å². The summed E-state index contributed by atoms with van der Waals surface area (Å²) in [6, 6.07) is 14.3. The number of Topliss-reactive ketones (excluding diaryl/α,β-unsaturated/α-hetero) is 1. The molecular weight excluding hydrogens is 475 g/mol. The van der Waals surface area contributed by atoms with Crippen LogP contribution in [0.5, 0.6) is 0 Å². The lowest BCUT2D eigenvalue weighted by atomic mass is 10.1. The number of nitrogens with zero attached hydrogens (tertiary/aromatic N) is 2. The maximum atomic E-state index is 13.4. The van der Waals surface area contributed by atoms with Crippen molar-refractivity contribution in [2.45, 2.75) is 38.3 Å². The van der Waals surface area contributed by atoms with Crippen LogP contribution in [-0.4, -0.2) is 33.4 Å². The van der Waals surface area contributed by atoms with Gasteiger partial charge in [0.1, 0.15) is 11.9 Å². The van der Waals surface area contributed by atoms with Crippen LogP contribution < -0.4 is 10.6 Å². The van der Waals surface area contributed by atoms with Gasteiger partial charge in [0.15, 0.2) is 0 Å². The van der Waals surface area contributed by atoms with Crippen LogP contribution in [0.4, 0.5) is 20.6 Å². The van der Waals surface area contributed by atoms with Crippen LogP contribution in [0.2, 0.25) is 0 Å². The molecule has 1 saturated carbocycles. The summed E-state index contributed by atoms with van der Waals surface area (Å²) in [5, 5.41) is 5.90. The van der Waals surface area contributed by atoms with Crippen LogP contribution in [0.3, 0.4) is 0 Å². The molecule has 0 saturated heterocycles. The second kappa shape index (κ2) is 10.6. The summed E-state index contributed by atoms with van der Waals surface area (Å²) in [5.74, 6) is -1.84. The Kier molecular flexibility index (Phi) is 6.93. The van der Waals surface area contributed by atoms with Crippen molar-refractivity contribution < 1.29 is 23.5 Å². The second-order valence-corrected chi connectivity index (χ2v) is 8.98. The molecule has 0 atom stereocenters. The molecule has 188 valence electrons. The van der Waals surface area contributed by atoms with Gasteiger partial charge in [0.05, 0.1) is 11.1 Å². The largest absolute Gasteiger partial charge is 0.446 e. The maximum absolute atomic E-state index is 13.4. The average Bonchev–Trinajstić information content (AvgIpc) is 3.53. The molecule has 9 heteroatoms. The molecule has 37 heavy (non-hydrogen) atoms. The predicted molar refractivity (Wildman–Crippen MR) is 137 cm³/mol. The van der Waals surface area contributed by atoms with E-state index < -0.39 is 17.8 Å². The lowest BCUT2D eigenvalue weighted by molar-refractivity contribution is -0.112. The standard InChI is InChI=1S/C28H25FN4O4/c29-19-7-5-18(6-8-19)16-33-17-24(26(34)27(35)31-20-11-13-30-14-12-20)23-10-9-21(15-25(23)33)32-28(36)37-22-3-1-2-4-22/h5-15,17,22H,1-4,16H2,(H,32,36)(H,30,31,35). The highest BCUT2D eigenvalue weighted by Gasteiger charge is 2.23. The number of ether oxygens (including phenoxy) is 1. The maximum Gasteiger partial charge on any atom is 0.411 e. The number of benzene rings is 2. The monoisotopic (exact) mass is 500 g/mol. The minimum atomic E-state index is -0.783. The normalized spacial score (nSPS) is 13.4. The van der Waals surface area contributed by atoms with Gasteiger partial charge in [-0.3, -0.25) is 19.9 Å². The number of fused-ring (bicyclic) bond motifs is 1. The molecule has 2 aromatic heterocycles. The summed E-state index contributed by atoms with van der Waals surface area (Å²) in [7, 11) is 0. The molecular formula is C28H25FN4O4. The molecule has 5 rings (SSSR count). The van der Waals surface area contributed by atoms with Gasteiger partial charge in [-0.25, -0.2) is 9.18 Å². The van der Waals surface area contributed by atoms with E-state index in [1.54, 1.807) is 53.2 Å². The second-order valence-electron chi connectivity index (χ2n) is 8.98. The Hall–Kier alpha value is -4.53. The van der Waals surface area contributed by atoms with E-state index in [9.17, 15) is 18.8 Å². The lowest BCUT2D eigenvalue weighted by Gasteiger charge is -2.13. The van der Waals surface area contributed by atoms with Crippen molar-refractivity contribution in [1.82, 2.24) is 9.55 Å². The zero-order valence-electron chi connectivity index (χ0n) is 19.9. The number of carbonyl (C=O) groups is 3. The first-order valence-corrected chi connectivity index (χ1v) is 12.1. The van der Waals surface area contributed by atoms with E-state index in [1.807, 2.05) is 0 Å². The predicted octanol–water partition coefficient (Wildman–Crippen LogP) is 5.54. The number of halogens is 1. The van der Waals surface area contributed by atoms with Gasteiger partial charge in [0, 0.05) is 41.9 Å². The first-order chi connectivity index (χ1) is 18.0. The van der Waals surface area contributed by atoms with Crippen molar-refractivity contribution in [2.24, 2.45) is 0 Å². The van der Waals surface area contributed by atoms with Crippen LogP contribution in [-0.2, 0) is 16.1 Å².